The topological polar surface area (TPSA) is 83.4 Å². The number of nitrogens with one attached hydrogen (secondary N) is 1. The van der Waals surface area contributed by atoms with Crippen LogP contribution in [0.1, 0.15) is 12.8 Å². The van der Waals surface area contributed by atoms with Crippen molar-refractivity contribution in [3.63, 3.8) is 0 Å². The number of anilines is 2. The van der Waals surface area contributed by atoms with E-state index in [0.29, 0.717) is 18.4 Å². The predicted molar refractivity (Wildman–Crippen MR) is 63.4 cm³/mol. The van der Waals surface area contributed by atoms with E-state index in [-0.39, 0.29) is 12.1 Å². The van der Waals surface area contributed by atoms with Crippen molar-refractivity contribution in [2.45, 2.75) is 18.9 Å². The zero-order chi connectivity index (χ0) is 12.3. The number of hydrogen-bond donors (Lipinski definition) is 2. The highest BCUT2D eigenvalue weighted by Crippen LogP contribution is 2.19. The quantitative estimate of drug-likeness (QED) is 0.761. The molecule has 7 heteroatoms. The second-order valence-corrected chi connectivity index (χ2v) is 3.94. The predicted octanol–water partition coefficient (Wildman–Crippen LogP) is -0.117. The van der Waals surface area contributed by atoms with Gasteiger partial charge in [-0.05, 0) is 12.8 Å². The monoisotopic (exact) mass is 239 g/mol. The number of β-amino-alcohol motifs (C(OH)–C–C–N with tert-alkyl or cyclic N) is 1. The number of aliphatic hydroxyl groups is 1. The fraction of sp³-hybridized carbons (Fsp3) is 0.700. The minimum absolute atomic E-state index is 0.277. The summed E-state index contributed by atoms with van der Waals surface area (Å²) in [6, 6.07) is 0.277. The second kappa shape index (κ2) is 5.13. The van der Waals surface area contributed by atoms with Crippen LogP contribution in [0, 0.1) is 0 Å². The number of methoxy groups -OCH3 is 1. The van der Waals surface area contributed by atoms with Crippen LogP contribution in [-0.4, -0.2) is 53.4 Å². The first-order chi connectivity index (χ1) is 8.22. The van der Waals surface area contributed by atoms with Crippen molar-refractivity contribution in [3.8, 4) is 6.01 Å². The Morgan fingerprint density at radius 3 is 2.88 bits per heavy atom. The van der Waals surface area contributed by atoms with Gasteiger partial charge in [-0.1, -0.05) is 0 Å². The average Bonchev–Trinajstić information content (AvgIpc) is 2.38. The van der Waals surface area contributed by atoms with E-state index in [9.17, 15) is 5.11 Å². The Morgan fingerprint density at radius 2 is 2.24 bits per heavy atom. The molecule has 0 aromatic carbocycles. The molecular formula is C10H17N5O2. The van der Waals surface area contributed by atoms with E-state index in [1.165, 1.54) is 7.11 Å². The van der Waals surface area contributed by atoms with E-state index < -0.39 is 0 Å². The number of piperidine rings is 1. The van der Waals surface area contributed by atoms with Gasteiger partial charge in [0.05, 0.1) is 13.2 Å². The molecule has 94 valence electrons. The van der Waals surface area contributed by atoms with Gasteiger partial charge in [0.15, 0.2) is 0 Å². The molecule has 0 radical (unpaired) electrons. The SMILES string of the molecule is CNc1nc(OC)nc(N2CCCC(O)C2)n1. The number of nitrogens with zero attached hydrogens (tertiary/aromatic N) is 4. The summed E-state index contributed by atoms with van der Waals surface area (Å²) in [4.78, 5) is 14.4. The second-order valence-electron chi connectivity index (χ2n) is 3.94. The van der Waals surface area contributed by atoms with Crippen LogP contribution in [-0.2, 0) is 0 Å². The highest BCUT2D eigenvalue weighted by molar-refractivity contribution is 5.38. The highest BCUT2D eigenvalue weighted by Gasteiger charge is 2.21. The summed E-state index contributed by atoms with van der Waals surface area (Å²) in [7, 11) is 3.26. The van der Waals surface area contributed by atoms with Crippen molar-refractivity contribution in [1.29, 1.82) is 0 Å². The molecule has 1 atom stereocenters. The van der Waals surface area contributed by atoms with Crippen LogP contribution in [0.4, 0.5) is 11.9 Å². The first kappa shape index (κ1) is 11.8. The fourth-order valence-corrected chi connectivity index (χ4v) is 1.83. The maximum absolute atomic E-state index is 9.63. The van der Waals surface area contributed by atoms with Crippen molar-refractivity contribution in [2.75, 3.05) is 37.5 Å². The lowest BCUT2D eigenvalue weighted by molar-refractivity contribution is 0.153. The standard InChI is InChI=1S/C10H17N5O2/c1-11-8-12-9(14-10(13-8)17-2)15-5-3-4-7(16)6-15/h7,16H,3-6H2,1-2H3,(H,11,12,13,14). The molecule has 1 aliphatic heterocycles. The van der Waals surface area contributed by atoms with Gasteiger partial charge in [-0.2, -0.15) is 15.0 Å². The van der Waals surface area contributed by atoms with Crippen LogP contribution in [0.25, 0.3) is 0 Å². The Labute approximate surface area is 99.9 Å². The van der Waals surface area contributed by atoms with E-state index in [0.717, 1.165) is 19.4 Å². The smallest absolute Gasteiger partial charge is 0.322 e. The zero-order valence-electron chi connectivity index (χ0n) is 10.1. The third-order valence-electron chi connectivity index (χ3n) is 2.69. The van der Waals surface area contributed by atoms with Gasteiger partial charge in [0.25, 0.3) is 0 Å². The van der Waals surface area contributed by atoms with E-state index in [4.69, 9.17) is 4.74 Å². The van der Waals surface area contributed by atoms with Gasteiger partial charge in [0.1, 0.15) is 0 Å². The molecule has 0 saturated carbocycles. The normalized spacial score (nSPS) is 20.2. The summed E-state index contributed by atoms with van der Waals surface area (Å²) in [5, 5.41) is 12.5. The van der Waals surface area contributed by atoms with E-state index in [1.807, 2.05) is 4.90 Å². The lowest BCUT2D eigenvalue weighted by atomic mass is 10.1. The molecule has 17 heavy (non-hydrogen) atoms. The number of ether oxygens (including phenoxy) is 1. The van der Waals surface area contributed by atoms with Crippen LogP contribution >= 0.6 is 0 Å². The van der Waals surface area contributed by atoms with Gasteiger partial charge in [-0.25, -0.2) is 0 Å². The summed E-state index contributed by atoms with van der Waals surface area (Å²) < 4.78 is 5.02. The van der Waals surface area contributed by atoms with Gasteiger partial charge in [-0.3, -0.25) is 0 Å². The van der Waals surface area contributed by atoms with Crippen LogP contribution in [0.15, 0.2) is 0 Å². The van der Waals surface area contributed by atoms with Crippen molar-refractivity contribution in [1.82, 2.24) is 15.0 Å². The molecule has 0 spiro atoms. The lowest BCUT2D eigenvalue weighted by Gasteiger charge is -2.30. The third kappa shape index (κ3) is 2.73. The number of aliphatic hydroxyl groups excluding tert-OH is 1. The minimum Gasteiger partial charge on any atom is -0.467 e. The molecule has 1 aromatic rings. The summed E-state index contributed by atoms with van der Waals surface area (Å²) >= 11 is 0. The molecule has 1 aliphatic rings. The van der Waals surface area contributed by atoms with Crippen LogP contribution in [0.5, 0.6) is 6.01 Å². The molecule has 0 aliphatic carbocycles. The molecule has 1 saturated heterocycles. The minimum atomic E-state index is -0.315. The van der Waals surface area contributed by atoms with Crippen LogP contribution in [0.2, 0.25) is 0 Å². The molecule has 7 nitrogen and oxygen atoms in total. The maximum Gasteiger partial charge on any atom is 0.322 e. The van der Waals surface area contributed by atoms with E-state index in [1.54, 1.807) is 7.05 Å². The van der Waals surface area contributed by atoms with E-state index in [2.05, 4.69) is 20.3 Å². The summed E-state index contributed by atoms with van der Waals surface area (Å²) in [5.41, 5.74) is 0. The molecule has 1 fully saturated rings. The summed E-state index contributed by atoms with van der Waals surface area (Å²) in [6.07, 6.45) is 1.45. The molecule has 1 unspecified atom stereocenters. The Balaban J connectivity index is 2.23. The largest absolute Gasteiger partial charge is 0.467 e. The van der Waals surface area contributed by atoms with Crippen LogP contribution < -0.4 is 15.0 Å². The third-order valence-corrected chi connectivity index (χ3v) is 2.69. The Morgan fingerprint density at radius 1 is 1.41 bits per heavy atom. The molecule has 0 amide bonds. The van der Waals surface area contributed by atoms with E-state index >= 15 is 0 Å². The molecular weight excluding hydrogens is 222 g/mol. The number of aromatic nitrogens is 3. The highest BCUT2D eigenvalue weighted by atomic mass is 16.5. The van der Waals surface area contributed by atoms with Gasteiger partial charge in [-0.15, -0.1) is 0 Å². The Hall–Kier alpha value is -1.63. The zero-order valence-corrected chi connectivity index (χ0v) is 10.1. The van der Waals surface area contributed by atoms with Crippen LogP contribution in [0.3, 0.4) is 0 Å². The average molecular weight is 239 g/mol. The van der Waals surface area contributed by atoms with Crippen molar-refractivity contribution >= 4 is 11.9 Å². The fourth-order valence-electron chi connectivity index (χ4n) is 1.83. The first-order valence-electron chi connectivity index (χ1n) is 5.63. The molecule has 2 heterocycles. The van der Waals surface area contributed by atoms with Crippen molar-refractivity contribution in [2.24, 2.45) is 0 Å². The molecule has 2 N–H and O–H groups in total. The number of rotatable bonds is 3. The van der Waals surface area contributed by atoms with Gasteiger partial charge >= 0.3 is 6.01 Å². The van der Waals surface area contributed by atoms with Gasteiger partial charge in [0, 0.05) is 20.1 Å². The number of hydrogen-bond acceptors (Lipinski definition) is 7. The Kier molecular flexibility index (Phi) is 3.58. The van der Waals surface area contributed by atoms with Crippen molar-refractivity contribution in [3.05, 3.63) is 0 Å². The molecule has 1 aromatic heterocycles. The lowest BCUT2D eigenvalue weighted by Crippen LogP contribution is -2.39. The molecule has 0 bridgehead atoms. The van der Waals surface area contributed by atoms with Crippen molar-refractivity contribution < 1.29 is 9.84 Å². The first-order valence-corrected chi connectivity index (χ1v) is 5.63. The maximum atomic E-state index is 9.63. The molecule has 2 rings (SSSR count). The summed E-state index contributed by atoms with van der Waals surface area (Å²) in [5.74, 6) is 1.01. The summed E-state index contributed by atoms with van der Waals surface area (Å²) in [6.45, 7) is 1.39. The van der Waals surface area contributed by atoms with Gasteiger partial charge in [0.2, 0.25) is 11.9 Å². The van der Waals surface area contributed by atoms with Gasteiger partial charge < -0.3 is 20.1 Å². The Bertz CT molecular complexity index is 365.